The van der Waals surface area contributed by atoms with Gasteiger partial charge >= 0.3 is 0 Å². The van der Waals surface area contributed by atoms with Crippen LogP contribution in [-0.2, 0) is 22.3 Å². The third-order valence-corrected chi connectivity index (χ3v) is 5.01. The Labute approximate surface area is 124 Å². The number of sulfonamides is 1. The molecule has 20 heavy (non-hydrogen) atoms. The average molecular weight is 314 g/mol. The van der Waals surface area contributed by atoms with Gasteiger partial charge in [-0.3, -0.25) is 4.31 Å². The third-order valence-electron chi connectivity index (χ3n) is 3.09. The molecule has 2 rings (SSSR count). The molecular weight excluding hydrogens is 298 g/mol. The van der Waals surface area contributed by atoms with Crippen LogP contribution in [0.2, 0.25) is 0 Å². The topological polar surface area (TPSA) is 50.5 Å². The first kappa shape index (κ1) is 14.9. The van der Waals surface area contributed by atoms with E-state index in [1.807, 2.05) is 19.1 Å². The van der Waals surface area contributed by atoms with Crippen molar-refractivity contribution in [3.05, 3.63) is 47.7 Å². The highest BCUT2D eigenvalue weighted by Gasteiger charge is 2.24. The van der Waals surface area contributed by atoms with Gasteiger partial charge in [-0.15, -0.1) is 11.6 Å². The first-order valence-electron chi connectivity index (χ1n) is 6.21. The maximum Gasteiger partial charge on any atom is 0.297 e. The van der Waals surface area contributed by atoms with Crippen LogP contribution in [-0.4, -0.2) is 15.5 Å². The molecule has 0 atom stereocenters. The lowest BCUT2D eigenvalue weighted by molar-refractivity contribution is 0.425. The Morgan fingerprint density at radius 2 is 1.80 bits per heavy atom. The molecule has 6 heteroatoms. The molecular formula is C14H16ClNO3S. The highest BCUT2D eigenvalue weighted by molar-refractivity contribution is 7.92. The van der Waals surface area contributed by atoms with Crippen LogP contribution in [0.25, 0.3) is 0 Å². The van der Waals surface area contributed by atoms with Crippen LogP contribution in [0.4, 0.5) is 5.69 Å². The van der Waals surface area contributed by atoms with E-state index < -0.39 is 10.0 Å². The van der Waals surface area contributed by atoms with Crippen LogP contribution in [0, 0.1) is 0 Å². The number of aryl methyl sites for hydroxylation is 1. The molecule has 0 aliphatic rings. The molecule has 0 spiro atoms. The zero-order valence-corrected chi connectivity index (χ0v) is 12.9. The van der Waals surface area contributed by atoms with Gasteiger partial charge in [-0.05, 0) is 36.2 Å². The van der Waals surface area contributed by atoms with Crippen LogP contribution in [0.15, 0.2) is 45.9 Å². The summed E-state index contributed by atoms with van der Waals surface area (Å²) in [4.78, 5) is 0. The summed E-state index contributed by atoms with van der Waals surface area (Å²) >= 11 is 5.62. The second-order valence-electron chi connectivity index (χ2n) is 4.35. The van der Waals surface area contributed by atoms with Crippen LogP contribution < -0.4 is 4.31 Å². The van der Waals surface area contributed by atoms with Gasteiger partial charge in [0.1, 0.15) is 5.76 Å². The summed E-state index contributed by atoms with van der Waals surface area (Å²) in [5, 5.41) is -0.102. The Bertz CT molecular complexity index is 677. The fraction of sp³-hybridized carbons (Fsp3) is 0.286. The van der Waals surface area contributed by atoms with E-state index >= 15 is 0 Å². The first-order chi connectivity index (χ1) is 9.48. The number of halogens is 1. The summed E-state index contributed by atoms with van der Waals surface area (Å²) in [5.74, 6) is 0.574. The maximum absolute atomic E-state index is 12.4. The van der Waals surface area contributed by atoms with Crippen LogP contribution >= 0.6 is 11.6 Å². The minimum atomic E-state index is -3.69. The van der Waals surface area contributed by atoms with Gasteiger partial charge in [-0.2, -0.15) is 8.42 Å². The molecule has 2 aromatic rings. The SMILES string of the molecule is CCc1ccc(N(C)S(=O)(=O)c2ccc(CCl)o2)cc1. The largest absolute Gasteiger partial charge is 0.447 e. The van der Waals surface area contributed by atoms with E-state index in [1.165, 1.54) is 17.4 Å². The molecule has 0 saturated carbocycles. The van der Waals surface area contributed by atoms with E-state index in [9.17, 15) is 8.42 Å². The Hall–Kier alpha value is -1.46. The van der Waals surface area contributed by atoms with E-state index in [2.05, 4.69) is 0 Å². The number of furan rings is 1. The first-order valence-corrected chi connectivity index (χ1v) is 8.19. The van der Waals surface area contributed by atoms with E-state index in [4.69, 9.17) is 16.0 Å². The van der Waals surface area contributed by atoms with Crippen LogP contribution in [0.5, 0.6) is 0 Å². The highest BCUT2D eigenvalue weighted by atomic mass is 35.5. The van der Waals surface area contributed by atoms with Crippen molar-refractivity contribution in [3.63, 3.8) is 0 Å². The van der Waals surface area contributed by atoms with Crippen molar-refractivity contribution >= 4 is 27.3 Å². The summed E-state index contributed by atoms with van der Waals surface area (Å²) in [6.07, 6.45) is 0.911. The summed E-state index contributed by atoms with van der Waals surface area (Å²) in [7, 11) is -2.19. The maximum atomic E-state index is 12.4. The molecule has 0 aliphatic heterocycles. The molecule has 0 bridgehead atoms. The van der Waals surface area contributed by atoms with Crippen molar-refractivity contribution < 1.29 is 12.8 Å². The zero-order chi connectivity index (χ0) is 14.8. The quantitative estimate of drug-likeness (QED) is 0.795. The molecule has 4 nitrogen and oxygen atoms in total. The number of rotatable bonds is 5. The van der Waals surface area contributed by atoms with Gasteiger partial charge in [0.2, 0.25) is 5.09 Å². The van der Waals surface area contributed by atoms with E-state index in [0.29, 0.717) is 11.4 Å². The number of hydrogen-bond acceptors (Lipinski definition) is 3. The second kappa shape index (κ2) is 5.89. The van der Waals surface area contributed by atoms with Crippen molar-refractivity contribution in [2.45, 2.75) is 24.3 Å². The summed E-state index contributed by atoms with van der Waals surface area (Å²) < 4.78 is 31.2. The predicted molar refractivity (Wildman–Crippen MR) is 79.7 cm³/mol. The molecule has 0 radical (unpaired) electrons. The lowest BCUT2D eigenvalue weighted by Crippen LogP contribution is -2.26. The third kappa shape index (κ3) is 2.83. The van der Waals surface area contributed by atoms with Gasteiger partial charge in [-0.25, -0.2) is 0 Å². The molecule has 1 aromatic heterocycles. The van der Waals surface area contributed by atoms with E-state index in [-0.39, 0.29) is 11.0 Å². The summed E-state index contributed by atoms with van der Waals surface area (Å²) in [6.45, 7) is 2.05. The Morgan fingerprint density at radius 1 is 1.15 bits per heavy atom. The summed E-state index contributed by atoms with van der Waals surface area (Å²) in [6, 6.07) is 10.4. The molecule has 0 unspecified atom stereocenters. The van der Waals surface area contributed by atoms with E-state index in [0.717, 1.165) is 12.0 Å². The fourth-order valence-corrected chi connectivity index (χ4v) is 3.05. The van der Waals surface area contributed by atoms with Crippen molar-refractivity contribution in [3.8, 4) is 0 Å². The van der Waals surface area contributed by atoms with Crippen LogP contribution in [0.1, 0.15) is 18.2 Å². The Balaban J connectivity index is 2.32. The molecule has 0 fully saturated rings. The number of alkyl halides is 1. The van der Waals surface area contributed by atoms with Crippen molar-refractivity contribution in [1.82, 2.24) is 0 Å². The van der Waals surface area contributed by atoms with Crippen molar-refractivity contribution in [2.24, 2.45) is 0 Å². The minimum absolute atomic E-state index is 0.102. The van der Waals surface area contributed by atoms with Crippen molar-refractivity contribution in [2.75, 3.05) is 11.4 Å². The van der Waals surface area contributed by atoms with E-state index in [1.54, 1.807) is 18.2 Å². The monoisotopic (exact) mass is 313 g/mol. The molecule has 1 aromatic carbocycles. The standard InChI is InChI=1S/C14H16ClNO3S/c1-3-11-4-6-12(7-5-11)16(2)20(17,18)14-9-8-13(10-15)19-14/h4-9H,3,10H2,1-2H3. The van der Waals surface area contributed by atoms with Gasteiger partial charge in [0.15, 0.2) is 0 Å². The normalized spacial score (nSPS) is 11.6. The minimum Gasteiger partial charge on any atom is -0.447 e. The molecule has 0 aliphatic carbocycles. The summed E-state index contributed by atoms with van der Waals surface area (Å²) in [5.41, 5.74) is 1.74. The smallest absolute Gasteiger partial charge is 0.297 e. The second-order valence-corrected chi connectivity index (χ2v) is 6.51. The van der Waals surface area contributed by atoms with Crippen LogP contribution in [0.3, 0.4) is 0 Å². The number of benzene rings is 1. The van der Waals surface area contributed by atoms with Gasteiger partial charge in [-0.1, -0.05) is 19.1 Å². The number of anilines is 1. The molecule has 0 N–H and O–H groups in total. The van der Waals surface area contributed by atoms with Gasteiger partial charge in [0.25, 0.3) is 10.0 Å². The molecule has 108 valence electrons. The number of hydrogen-bond donors (Lipinski definition) is 0. The molecule has 0 saturated heterocycles. The molecule has 0 amide bonds. The zero-order valence-electron chi connectivity index (χ0n) is 11.3. The average Bonchev–Trinajstić information content (AvgIpc) is 2.96. The van der Waals surface area contributed by atoms with Gasteiger partial charge in [0, 0.05) is 7.05 Å². The predicted octanol–water partition coefficient (Wildman–Crippen LogP) is 3.41. The lowest BCUT2D eigenvalue weighted by Gasteiger charge is -2.18. The molecule has 1 heterocycles. The number of nitrogens with zero attached hydrogens (tertiary/aromatic N) is 1. The van der Waals surface area contributed by atoms with Gasteiger partial charge in [0.05, 0.1) is 11.6 Å². The highest BCUT2D eigenvalue weighted by Crippen LogP contribution is 2.24. The Kier molecular flexibility index (Phi) is 4.40. The van der Waals surface area contributed by atoms with Gasteiger partial charge < -0.3 is 4.42 Å². The Morgan fingerprint density at radius 3 is 2.30 bits per heavy atom. The van der Waals surface area contributed by atoms with Crippen molar-refractivity contribution in [1.29, 1.82) is 0 Å². The fourth-order valence-electron chi connectivity index (χ4n) is 1.78. The lowest BCUT2D eigenvalue weighted by atomic mass is 10.1.